The van der Waals surface area contributed by atoms with Crippen LogP contribution in [0.25, 0.3) is 0 Å². The summed E-state index contributed by atoms with van der Waals surface area (Å²) in [4.78, 5) is 0. The van der Waals surface area contributed by atoms with Crippen LogP contribution in [0, 0.1) is 11.8 Å². The van der Waals surface area contributed by atoms with Crippen LogP contribution in [0.4, 0.5) is 0 Å². The number of hydrogen-bond donors (Lipinski definition) is 3. The van der Waals surface area contributed by atoms with Gasteiger partial charge in [-0.3, -0.25) is 0 Å². The zero-order chi connectivity index (χ0) is 15.2. The van der Waals surface area contributed by atoms with Gasteiger partial charge in [0.05, 0.1) is 12.2 Å². The van der Waals surface area contributed by atoms with E-state index >= 15 is 0 Å². The lowest BCUT2D eigenvalue weighted by molar-refractivity contribution is 0.0123. The van der Waals surface area contributed by atoms with Gasteiger partial charge < -0.3 is 15.5 Å². The molecule has 1 saturated carbocycles. The molecule has 5 unspecified atom stereocenters. The highest BCUT2D eigenvalue weighted by molar-refractivity contribution is 4.95. The van der Waals surface area contributed by atoms with E-state index in [-0.39, 0.29) is 18.2 Å². The van der Waals surface area contributed by atoms with Crippen molar-refractivity contribution in [3.05, 3.63) is 0 Å². The zero-order valence-electron chi connectivity index (χ0n) is 13.9. The fourth-order valence-corrected chi connectivity index (χ4v) is 4.47. The second-order valence-electron chi connectivity index (χ2n) is 7.45. The summed E-state index contributed by atoms with van der Waals surface area (Å²) in [5.74, 6) is 1.45. The first kappa shape index (κ1) is 17.2. The Labute approximate surface area is 130 Å². The van der Waals surface area contributed by atoms with E-state index in [1.165, 1.54) is 32.1 Å². The SMILES string of the molecule is CCCC(O)CCCCC1CCCC2N[C@H](C)C(O)CC12. The Morgan fingerprint density at radius 2 is 2.00 bits per heavy atom. The van der Waals surface area contributed by atoms with Crippen LogP contribution >= 0.6 is 0 Å². The van der Waals surface area contributed by atoms with Crippen molar-refractivity contribution in [1.82, 2.24) is 5.32 Å². The Bertz CT molecular complexity index is 297. The number of rotatable bonds is 7. The molecule has 1 aliphatic heterocycles. The summed E-state index contributed by atoms with van der Waals surface area (Å²) in [6.07, 6.45) is 11.3. The Morgan fingerprint density at radius 3 is 2.76 bits per heavy atom. The summed E-state index contributed by atoms with van der Waals surface area (Å²) >= 11 is 0. The molecule has 2 aliphatic rings. The van der Waals surface area contributed by atoms with Crippen LogP contribution in [0.3, 0.4) is 0 Å². The van der Waals surface area contributed by atoms with Crippen LogP contribution in [0.5, 0.6) is 0 Å². The fourth-order valence-electron chi connectivity index (χ4n) is 4.47. The lowest BCUT2D eigenvalue weighted by atomic mass is 9.68. The van der Waals surface area contributed by atoms with Gasteiger partial charge in [-0.25, -0.2) is 0 Å². The molecule has 124 valence electrons. The third-order valence-electron chi connectivity index (χ3n) is 5.76. The molecular formula is C18H35NO2. The Hall–Kier alpha value is -0.120. The molecule has 6 atom stereocenters. The van der Waals surface area contributed by atoms with E-state index in [1.807, 2.05) is 0 Å². The molecule has 0 amide bonds. The largest absolute Gasteiger partial charge is 0.393 e. The Kier molecular flexibility index (Phi) is 6.97. The highest BCUT2D eigenvalue weighted by Gasteiger charge is 2.39. The van der Waals surface area contributed by atoms with Gasteiger partial charge in [-0.2, -0.15) is 0 Å². The summed E-state index contributed by atoms with van der Waals surface area (Å²) in [5, 5.41) is 23.6. The molecule has 2 fully saturated rings. The number of piperidine rings is 1. The molecule has 1 aliphatic carbocycles. The molecule has 0 aromatic rings. The molecule has 2 rings (SSSR count). The van der Waals surface area contributed by atoms with Gasteiger partial charge in [0.15, 0.2) is 0 Å². The van der Waals surface area contributed by atoms with E-state index in [1.54, 1.807) is 0 Å². The second kappa shape index (κ2) is 8.50. The second-order valence-corrected chi connectivity index (χ2v) is 7.45. The van der Waals surface area contributed by atoms with E-state index in [0.29, 0.717) is 12.0 Å². The van der Waals surface area contributed by atoms with Crippen LogP contribution in [-0.4, -0.2) is 34.5 Å². The zero-order valence-corrected chi connectivity index (χ0v) is 13.9. The first-order valence-corrected chi connectivity index (χ1v) is 9.24. The van der Waals surface area contributed by atoms with Gasteiger partial charge in [-0.05, 0) is 44.4 Å². The van der Waals surface area contributed by atoms with Gasteiger partial charge in [-0.15, -0.1) is 0 Å². The number of fused-ring (bicyclic) bond motifs is 1. The van der Waals surface area contributed by atoms with E-state index in [4.69, 9.17) is 0 Å². The number of unbranched alkanes of at least 4 members (excludes halogenated alkanes) is 1. The molecule has 0 radical (unpaired) electrons. The standard InChI is InChI=1S/C18H35NO2/c1-3-7-15(20)10-5-4-8-14-9-6-11-17-16(14)12-18(21)13(2)19-17/h13-21H,3-12H2,1-2H3/t13-,14?,15?,16?,17?,18?/m1/s1. The van der Waals surface area contributed by atoms with Crippen molar-refractivity contribution in [3.63, 3.8) is 0 Å². The smallest absolute Gasteiger partial charge is 0.0693 e. The predicted molar refractivity (Wildman–Crippen MR) is 87.2 cm³/mol. The maximum absolute atomic E-state index is 10.1. The molecule has 1 heterocycles. The van der Waals surface area contributed by atoms with E-state index in [0.717, 1.165) is 38.0 Å². The molecule has 0 aromatic heterocycles. The first-order chi connectivity index (χ1) is 10.1. The van der Waals surface area contributed by atoms with E-state index < -0.39 is 0 Å². The molecular weight excluding hydrogens is 262 g/mol. The summed E-state index contributed by atoms with van der Waals surface area (Å²) in [6, 6.07) is 0.891. The Morgan fingerprint density at radius 1 is 1.19 bits per heavy atom. The summed E-state index contributed by atoms with van der Waals surface area (Å²) < 4.78 is 0. The average Bonchev–Trinajstić information content (AvgIpc) is 2.45. The minimum Gasteiger partial charge on any atom is -0.393 e. The lowest BCUT2D eigenvalue weighted by Gasteiger charge is -2.46. The van der Waals surface area contributed by atoms with Crippen molar-refractivity contribution in [2.75, 3.05) is 0 Å². The monoisotopic (exact) mass is 297 g/mol. The quantitative estimate of drug-likeness (QED) is 0.632. The van der Waals surface area contributed by atoms with Gasteiger partial charge in [0.1, 0.15) is 0 Å². The van der Waals surface area contributed by atoms with Crippen molar-refractivity contribution in [2.45, 2.75) is 102 Å². The fraction of sp³-hybridized carbons (Fsp3) is 1.00. The molecule has 0 aromatic carbocycles. The Balaban J connectivity index is 1.72. The van der Waals surface area contributed by atoms with Crippen molar-refractivity contribution in [3.8, 4) is 0 Å². The van der Waals surface area contributed by atoms with E-state index in [2.05, 4.69) is 19.2 Å². The van der Waals surface area contributed by atoms with Crippen molar-refractivity contribution in [2.24, 2.45) is 11.8 Å². The number of aliphatic hydroxyl groups is 2. The topological polar surface area (TPSA) is 52.5 Å². The third-order valence-corrected chi connectivity index (χ3v) is 5.76. The van der Waals surface area contributed by atoms with Crippen LogP contribution in [0.2, 0.25) is 0 Å². The highest BCUT2D eigenvalue weighted by Crippen LogP contribution is 2.39. The maximum atomic E-state index is 10.1. The van der Waals surface area contributed by atoms with Crippen molar-refractivity contribution < 1.29 is 10.2 Å². The lowest BCUT2D eigenvalue weighted by Crippen LogP contribution is -2.56. The molecule has 3 heteroatoms. The normalized spacial score (nSPS) is 38.0. The van der Waals surface area contributed by atoms with Crippen LogP contribution in [0.1, 0.15) is 78.1 Å². The molecule has 1 saturated heterocycles. The van der Waals surface area contributed by atoms with Gasteiger partial charge in [0.2, 0.25) is 0 Å². The van der Waals surface area contributed by atoms with Crippen molar-refractivity contribution in [1.29, 1.82) is 0 Å². The summed E-state index contributed by atoms with van der Waals surface area (Å²) in [7, 11) is 0. The van der Waals surface area contributed by atoms with Gasteiger partial charge in [0, 0.05) is 12.1 Å². The van der Waals surface area contributed by atoms with E-state index in [9.17, 15) is 10.2 Å². The van der Waals surface area contributed by atoms with Gasteiger partial charge >= 0.3 is 0 Å². The average molecular weight is 297 g/mol. The first-order valence-electron chi connectivity index (χ1n) is 9.24. The van der Waals surface area contributed by atoms with Crippen LogP contribution in [-0.2, 0) is 0 Å². The van der Waals surface area contributed by atoms with Crippen LogP contribution < -0.4 is 5.32 Å². The number of nitrogens with one attached hydrogen (secondary N) is 1. The summed E-state index contributed by atoms with van der Waals surface area (Å²) in [5.41, 5.74) is 0. The summed E-state index contributed by atoms with van der Waals surface area (Å²) in [6.45, 7) is 4.24. The molecule has 0 bridgehead atoms. The maximum Gasteiger partial charge on any atom is 0.0693 e. The molecule has 0 spiro atoms. The number of hydrogen-bond acceptors (Lipinski definition) is 3. The minimum atomic E-state index is -0.168. The molecule has 3 nitrogen and oxygen atoms in total. The third kappa shape index (κ3) is 4.94. The minimum absolute atomic E-state index is 0.0897. The molecule has 21 heavy (non-hydrogen) atoms. The molecule has 3 N–H and O–H groups in total. The highest BCUT2D eigenvalue weighted by atomic mass is 16.3. The number of aliphatic hydroxyl groups excluding tert-OH is 2. The van der Waals surface area contributed by atoms with Gasteiger partial charge in [-0.1, -0.05) is 45.4 Å². The predicted octanol–water partition coefficient (Wildman–Crippen LogP) is 3.24. The van der Waals surface area contributed by atoms with Crippen molar-refractivity contribution >= 4 is 0 Å². The van der Waals surface area contributed by atoms with Crippen LogP contribution in [0.15, 0.2) is 0 Å². The van der Waals surface area contributed by atoms with Gasteiger partial charge in [0.25, 0.3) is 0 Å².